The van der Waals surface area contributed by atoms with Crippen LogP contribution in [0.5, 0.6) is 5.75 Å². The molecule has 1 aromatic heterocycles. The fraction of sp³-hybridized carbons (Fsp3) is 0.192. The Kier molecular flexibility index (Phi) is 4.57. The average Bonchev–Trinajstić information content (AvgIpc) is 3.09. The van der Waals surface area contributed by atoms with E-state index in [1.165, 1.54) is 4.46 Å². The summed E-state index contributed by atoms with van der Waals surface area (Å²) in [5.41, 5.74) is 4.76. The molecule has 3 aromatic carbocycles. The molecule has 1 atom stereocenters. The van der Waals surface area contributed by atoms with Gasteiger partial charge in [-0.3, -0.25) is 0 Å². The molecule has 0 radical (unpaired) electrons. The summed E-state index contributed by atoms with van der Waals surface area (Å²) in [6.45, 7) is 4.22. The molecular formula is C26H23NO2Se. The first kappa shape index (κ1) is 19.2. The molecule has 150 valence electrons. The first-order valence-corrected chi connectivity index (χ1v) is 12.1. The monoisotopic (exact) mass is 461 g/mol. The van der Waals surface area contributed by atoms with E-state index >= 15 is 0 Å². The normalized spacial score (nSPS) is 17.6. The molecule has 4 heteroatoms. The second kappa shape index (κ2) is 7.16. The Balaban J connectivity index is 1.74. The molecule has 30 heavy (non-hydrogen) atoms. The van der Waals surface area contributed by atoms with Crippen LogP contribution in [0.25, 0.3) is 22.2 Å². The van der Waals surface area contributed by atoms with Gasteiger partial charge in [0, 0.05) is 0 Å². The summed E-state index contributed by atoms with van der Waals surface area (Å²) >= 11 is 0.182. The molecule has 2 heterocycles. The number of carbonyl (C=O) groups excluding carboxylic acids is 1. The number of carbonyl (C=O) groups is 1. The van der Waals surface area contributed by atoms with Crippen LogP contribution in [-0.4, -0.2) is 32.5 Å². The molecule has 1 aliphatic rings. The first-order chi connectivity index (χ1) is 14.5. The summed E-state index contributed by atoms with van der Waals surface area (Å²) in [4.78, 5) is 14.1. The third-order valence-corrected chi connectivity index (χ3v) is 8.93. The van der Waals surface area contributed by atoms with Gasteiger partial charge in [0.1, 0.15) is 0 Å². The second-order valence-corrected chi connectivity index (χ2v) is 10.2. The Morgan fingerprint density at radius 2 is 1.73 bits per heavy atom. The number of benzene rings is 3. The first-order valence-electron chi connectivity index (χ1n) is 10.1. The van der Waals surface area contributed by atoms with Crippen molar-refractivity contribution < 1.29 is 9.53 Å². The Bertz CT molecular complexity index is 1280. The molecule has 0 spiro atoms. The van der Waals surface area contributed by atoms with Crippen LogP contribution < -0.4 is 9.20 Å². The standard InChI is InChI=1S/C26H23NO2Se/c1-17-20-11-7-8-12-23(20)27-24(17)21-14-13-18(29-3)15-22(21)26(2,25(27)28)16-30-19-9-5-4-6-10-19/h4-15H,16H2,1-3H3. The number of aromatic nitrogens is 1. The van der Waals surface area contributed by atoms with Crippen molar-refractivity contribution >= 4 is 36.2 Å². The van der Waals surface area contributed by atoms with Crippen LogP contribution in [0, 0.1) is 6.92 Å². The molecule has 5 rings (SSSR count). The fourth-order valence-electron chi connectivity index (χ4n) is 4.49. The number of para-hydroxylation sites is 1. The van der Waals surface area contributed by atoms with E-state index < -0.39 is 5.41 Å². The van der Waals surface area contributed by atoms with Gasteiger partial charge in [-0.1, -0.05) is 0 Å². The average molecular weight is 460 g/mol. The van der Waals surface area contributed by atoms with E-state index in [0.29, 0.717) is 0 Å². The maximum atomic E-state index is 14.1. The predicted molar refractivity (Wildman–Crippen MR) is 123 cm³/mol. The van der Waals surface area contributed by atoms with Crippen molar-refractivity contribution in [1.82, 2.24) is 4.57 Å². The number of methoxy groups -OCH3 is 1. The van der Waals surface area contributed by atoms with Gasteiger partial charge in [0.2, 0.25) is 0 Å². The van der Waals surface area contributed by atoms with Gasteiger partial charge in [-0.2, -0.15) is 0 Å². The molecule has 1 unspecified atom stereocenters. The van der Waals surface area contributed by atoms with Crippen LogP contribution in [0.4, 0.5) is 0 Å². The zero-order valence-corrected chi connectivity index (χ0v) is 19.0. The van der Waals surface area contributed by atoms with Gasteiger partial charge in [0.15, 0.2) is 0 Å². The number of hydrogen-bond acceptors (Lipinski definition) is 2. The van der Waals surface area contributed by atoms with Crippen LogP contribution in [0.15, 0.2) is 72.8 Å². The van der Waals surface area contributed by atoms with Crippen LogP contribution >= 0.6 is 0 Å². The van der Waals surface area contributed by atoms with Crippen molar-refractivity contribution in [3.05, 3.63) is 83.9 Å². The maximum absolute atomic E-state index is 14.1. The predicted octanol–water partition coefficient (Wildman–Crippen LogP) is 4.98. The van der Waals surface area contributed by atoms with Gasteiger partial charge in [-0.15, -0.1) is 0 Å². The summed E-state index contributed by atoms with van der Waals surface area (Å²) in [6, 6.07) is 24.9. The Hall–Kier alpha value is -2.81. The van der Waals surface area contributed by atoms with Gasteiger partial charge >= 0.3 is 183 Å². The summed E-state index contributed by atoms with van der Waals surface area (Å²) in [7, 11) is 1.68. The molecule has 0 fully saturated rings. The number of fused-ring (bicyclic) bond motifs is 5. The van der Waals surface area contributed by atoms with E-state index in [9.17, 15) is 4.79 Å². The van der Waals surface area contributed by atoms with Crippen molar-refractivity contribution in [1.29, 1.82) is 0 Å². The third-order valence-electron chi connectivity index (χ3n) is 6.15. The summed E-state index contributed by atoms with van der Waals surface area (Å²) in [6.07, 6.45) is 0. The Morgan fingerprint density at radius 3 is 2.50 bits per heavy atom. The summed E-state index contributed by atoms with van der Waals surface area (Å²) in [5.74, 6) is 0.947. The van der Waals surface area contributed by atoms with Crippen LogP contribution in [0.1, 0.15) is 22.8 Å². The zero-order chi connectivity index (χ0) is 20.9. The molecule has 3 nitrogen and oxygen atoms in total. The molecular weight excluding hydrogens is 437 g/mol. The summed E-state index contributed by atoms with van der Waals surface area (Å²) < 4.78 is 8.80. The molecule has 0 aliphatic carbocycles. The SMILES string of the molecule is COc1ccc2c(c1)C(C)(C[Se]c1ccccc1)C(=O)n1c-2c(C)c2ccccc21. The van der Waals surface area contributed by atoms with Crippen LogP contribution in [0.2, 0.25) is 5.32 Å². The molecule has 0 N–H and O–H groups in total. The van der Waals surface area contributed by atoms with Gasteiger partial charge in [0.05, 0.1) is 0 Å². The van der Waals surface area contributed by atoms with E-state index in [-0.39, 0.29) is 20.9 Å². The van der Waals surface area contributed by atoms with E-state index in [1.54, 1.807) is 7.11 Å². The van der Waals surface area contributed by atoms with Crippen molar-refractivity contribution in [2.24, 2.45) is 0 Å². The van der Waals surface area contributed by atoms with Gasteiger partial charge in [0.25, 0.3) is 0 Å². The van der Waals surface area contributed by atoms with Crippen molar-refractivity contribution in [2.45, 2.75) is 24.6 Å². The minimum atomic E-state index is -0.610. The van der Waals surface area contributed by atoms with Crippen molar-refractivity contribution in [3.63, 3.8) is 0 Å². The van der Waals surface area contributed by atoms with E-state index in [1.807, 2.05) is 28.8 Å². The quantitative estimate of drug-likeness (QED) is 0.402. The number of rotatable bonds is 4. The number of ether oxygens (including phenoxy) is 1. The second-order valence-electron chi connectivity index (χ2n) is 7.98. The van der Waals surface area contributed by atoms with Gasteiger partial charge in [-0.25, -0.2) is 0 Å². The third kappa shape index (κ3) is 2.75. The molecule has 1 aliphatic heterocycles. The van der Waals surface area contributed by atoms with Crippen molar-refractivity contribution in [2.75, 3.05) is 7.11 Å². The topological polar surface area (TPSA) is 31.2 Å². The Labute approximate surface area is 182 Å². The molecule has 0 amide bonds. The van der Waals surface area contributed by atoms with E-state index in [2.05, 4.69) is 62.4 Å². The Morgan fingerprint density at radius 1 is 1.00 bits per heavy atom. The number of nitrogens with zero attached hydrogens (tertiary/aromatic N) is 1. The van der Waals surface area contributed by atoms with E-state index in [0.717, 1.165) is 44.4 Å². The molecule has 0 saturated carbocycles. The molecule has 0 bridgehead atoms. The number of aryl methyl sites for hydroxylation is 1. The van der Waals surface area contributed by atoms with Gasteiger partial charge in [-0.05, 0) is 0 Å². The summed E-state index contributed by atoms with van der Waals surface area (Å²) in [5, 5.41) is 1.94. The van der Waals surface area contributed by atoms with Crippen LogP contribution in [0.3, 0.4) is 0 Å². The molecule has 0 saturated heterocycles. The number of hydrogen-bond donors (Lipinski definition) is 0. The van der Waals surface area contributed by atoms with Crippen molar-refractivity contribution in [3.8, 4) is 17.0 Å². The molecule has 4 aromatic rings. The van der Waals surface area contributed by atoms with E-state index in [4.69, 9.17) is 4.74 Å². The zero-order valence-electron chi connectivity index (χ0n) is 17.3. The minimum absolute atomic E-state index is 0.153. The fourth-order valence-corrected chi connectivity index (χ4v) is 6.77. The van der Waals surface area contributed by atoms with Crippen LogP contribution in [-0.2, 0) is 5.41 Å². The van der Waals surface area contributed by atoms with Gasteiger partial charge < -0.3 is 0 Å².